The molecule has 0 saturated heterocycles. The van der Waals surface area contributed by atoms with E-state index in [0.717, 1.165) is 0 Å². The molecule has 2 N–H and O–H groups in total. The number of nitrogens with two attached hydrogens (primary N) is 1. The van der Waals surface area contributed by atoms with Gasteiger partial charge in [-0.05, 0) is 12.1 Å². The molecule has 82 valence electrons. The highest BCUT2D eigenvalue weighted by Gasteiger charge is 2.06. The Hall–Kier alpha value is -2.01. The molecular formula is C11H10FN3O. The minimum atomic E-state index is -0.365. The zero-order valence-electron chi connectivity index (χ0n) is 8.43. The van der Waals surface area contributed by atoms with Crippen LogP contribution in [0.15, 0.2) is 36.7 Å². The van der Waals surface area contributed by atoms with E-state index >= 15 is 0 Å². The van der Waals surface area contributed by atoms with Gasteiger partial charge in [-0.15, -0.1) is 0 Å². The van der Waals surface area contributed by atoms with E-state index in [0.29, 0.717) is 17.3 Å². The van der Waals surface area contributed by atoms with E-state index in [1.165, 1.54) is 24.5 Å². The van der Waals surface area contributed by atoms with Crippen LogP contribution in [0.4, 0.5) is 4.39 Å². The van der Waals surface area contributed by atoms with Gasteiger partial charge in [0.2, 0.25) is 5.88 Å². The summed E-state index contributed by atoms with van der Waals surface area (Å²) in [5.74, 6) is 0.307. The lowest BCUT2D eigenvalue weighted by Crippen LogP contribution is -2.03. The fourth-order valence-corrected chi connectivity index (χ4v) is 1.22. The van der Waals surface area contributed by atoms with Crippen LogP contribution in [0.1, 0.15) is 5.69 Å². The molecule has 0 spiro atoms. The Morgan fingerprint density at radius 2 is 2.06 bits per heavy atom. The van der Waals surface area contributed by atoms with E-state index in [1.807, 2.05) is 0 Å². The average Bonchev–Trinajstić information content (AvgIpc) is 2.30. The van der Waals surface area contributed by atoms with Crippen LogP contribution < -0.4 is 10.5 Å². The van der Waals surface area contributed by atoms with Gasteiger partial charge >= 0.3 is 0 Å². The fourth-order valence-electron chi connectivity index (χ4n) is 1.22. The Morgan fingerprint density at radius 3 is 2.81 bits per heavy atom. The quantitative estimate of drug-likeness (QED) is 0.855. The molecule has 0 fully saturated rings. The highest BCUT2D eigenvalue weighted by molar-refractivity contribution is 5.29. The normalized spacial score (nSPS) is 10.1. The second-order valence-electron chi connectivity index (χ2n) is 3.07. The SMILES string of the molecule is NCc1nccnc1Oc1cccc(F)c1. The molecule has 0 radical (unpaired) electrons. The standard InChI is InChI=1S/C11H10FN3O/c12-8-2-1-3-9(6-8)16-11-10(7-13)14-4-5-15-11/h1-6H,7,13H2. The van der Waals surface area contributed by atoms with E-state index < -0.39 is 0 Å². The summed E-state index contributed by atoms with van der Waals surface area (Å²) in [4.78, 5) is 8.00. The highest BCUT2D eigenvalue weighted by atomic mass is 19.1. The maximum atomic E-state index is 12.9. The van der Waals surface area contributed by atoms with Crippen molar-refractivity contribution in [2.45, 2.75) is 6.54 Å². The van der Waals surface area contributed by atoms with Crippen LogP contribution in [-0.4, -0.2) is 9.97 Å². The summed E-state index contributed by atoms with van der Waals surface area (Å²) in [5.41, 5.74) is 6.01. The molecule has 0 unspecified atom stereocenters. The number of rotatable bonds is 3. The first-order chi connectivity index (χ1) is 7.79. The summed E-state index contributed by atoms with van der Waals surface area (Å²) >= 11 is 0. The van der Waals surface area contributed by atoms with Gasteiger partial charge in [0.15, 0.2) is 0 Å². The van der Waals surface area contributed by atoms with Gasteiger partial charge in [-0.25, -0.2) is 9.37 Å². The number of halogens is 1. The monoisotopic (exact) mass is 219 g/mol. The van der Waals surface area contributed by atoms with Crippen LogP contribution in [-0.2, 0) is 6.54 Å². The fraction of sp³-hybridized carbons (Fsp3) is 0.0909. The van der Waals surface area contributed by atoms with E-state index in [9.17, 15) is 4.39 Å². The van der Waals surface area contributed by atoms with Gasteiger partial charge in [-0.2, -0.15) is 0 Å². The number of ether oxygens (including phenoxy) is 1. The Balaban J connectivity index is 2.26. The maximum absolute atomic E-state index is 12.9. The van der Waals surface area contributed by atoms with Gasteiger partial charge < -0.3 is 10.5 Å². The number of aromatic nitrogens is 2. The van der Waals surface area contributed by atoms with Crippen molar-refractivity contribution in [1.82, 2.24) is 9.97 Å². The maximum Gasteiger partial charge on any atom is 0.242 e. The summed E-state index contributed by atoms with van der Waals surface area (Å²) in [6.45, 7) is 0.221. The largest absolute Gasteiger partial charge is 0.437 e. The molecule has 0 atom stereocenters. The Labute approximate surface area is 91.9 Å². The molecule has 1 heterocycles. The van der Waals surface area contributed by atoms with Crippen molar-refractivity contribution in [3.05, 3.63) is 48.2 Å². The molecular weight excluding hydrogens is 209 g/mol. The Kier molecular flexibility index (Phi) is 3.07. The second-order valence-corrected chi connectivity index (χ2v) is 3.07. The van der Waals surface area contributed by atoms with Crippen molar-refractivity contribution in [2.24, 2.45) is 5.73 Å². The summed E-state index contributed by atoms with van der Waals surface area (Å²) < 4.78 is 18.3. The molecule has 16 heavy (non-hydrogen) atoms. The molecule has 0 aliphatic heterocycles. The molecule has 0 aliphatic rings. The second kappa shape index (κ2) is 4.67. The van der Waals surface area contributed by atoms with Gasteiger partial charge in [0.1, 0.15) is 17.3 Å². The van der Waals surface area contributed by atoms with Crippen LogP contribution in [0.5, 0.6) is 11.6 Å². The number of benzene rings is 1. The number of nitrogens with zero attached hydrogens (tertiary/aromatic N) is 2. The van der Waals surface area contributed by atoms with Crippen LogP contribution in [0.3, 0.4) is 0 Å². The molecule has 0 bridgehead atoms. The van der Waals surface area contributed by atoms with Crippen LogP contribution in [0, 0.1) is 5.82 Å². The van der Waals surface area contributed by atoms with E-state index in [4.69, 9.17) is 10.5 Å². The number of hydrogen-bond donors (Lipinski definition) is 1. The Morgan fingerprint density at radius 1 is 1.25 bits per heavy atom. The van der Waals surface area contributed by atoms with Crippen molar-refractivity contribution in [1.29, 1.82) is 0 Å². The van der Waals surface area contributed by atoms with E-state index in [2.05, 4.69) is 9.97 Å². The smallest absolute Gasteiger partial charge is 0.242 e. The molecule has 2 rings (SSSR count). The third-order valence-electron chi connectivity index (χ3n) is 1.94. The lowest BCUT2D eigenvalue weighted by atomic mass is 10.3. The lowest BCUT2D eigenvalue weighted by Gasteiger charge is -2.07. The first-order valence-electron chi connectivity index (χ1n) is 4.73. The molecule has 2 aromatic rings. The van der Waals surface area contributed by atoms with Gasteiger partial charge in [-0.1, -0.05) is 6.07 Å². The molecule has 1 aromatic carbocycles. The minimum absolute atomic E-state index is 0.221. The van der Waals surface area contributed by atoms with Gasteiger partial charge in [0, 0.05) is 25.0 Å². The van der Waals surface area contributed by atoms with Crippen LogP contribution in [0.2, 0.25) is 0 Å². The van der Waals surface area contributed by atoms with E-state index in [-0.39, 0.29) is 12.4 Å². The van der Waals surface area contributed by atoms with Crippen molar-refractivity contribution in [3.63, 3.8) is 0 Å². The molecule has 0 amide bonds. The third-order valence-corrected chi connectivity index (χ3v) is 1.94. The summed E-state index contributed by atoms with van der Waals surface area (Å²) in [7, 11) is 0. The summed E-state index contributed by atoms with van der Waals surface area (Å²) in [6, 6.07) is 5.81. The average molecular weight is 219 g/mol. The molecule has 4 nitrogen and oxygen atoms in total. The topological polar surface area (TPSA) is 61.0 Å². The Bertz CT molecular complexity index is 490. The lowest BCUT2D eigenvalue weighted by molar-refractivity contribution is 0.448. The van der Waals surface area contributed by atoms with Gasteiger partial charge in [0.05, 0.1) is 0 Å². The predicted octanol–water partition coefficient (Wildman–Crippen LogP) is 1.87. The van der Waals surface area contributed by atoms with Crippen molar-refractivity contribution >= 4 is 0 Å². The van der Waals surface area contributed by atoms with Crippen LogP contribution >= 0.6 is 0 Å². The molecule has 0 aliphatic carbocycles. The van der Waals surface area contributed by atoms with Crippen molar-refractivity contribution in [3.8, 4) is 11.6 Å². The number of hydrogen-bond acceptors (Lipinski definition) is 4. The zero-order valence-corrected chi connectivity index (χ0v) is 8.43. The first-order valence-corrected chi connectivity index (χ1v) is 4.73. The third kappa shape index (κ3) is 2.32. The van der Waals surface area contributed by atoms with Crippen molar-refractivity contribution < 1.29 is 9.13 Å². The predicted molar refractivity (Wildman–Crippen MR) is 56.4 cm³/mol. The molecule has 5 heteroatoms. The summed E-state index contributed by atoms with van der Waals surface area (Å²) in [5, 5.41) is 0. The van der Waals surface area contributed by atoms with Crippen LogP contribution in [0.25, 0.3) is 0 Å². The highest BCUT2D eigenvalue weighted by Crippen LogP contribution is 2.21. The van der Waals surface area contributed by atoms with Gasteiger partial charge in [-0.3, -0.25) is 4.98 Å². The minimum Gasteiger partial charge on any atom is -0.437 e. The van der Waals surface area contributed by atoms with E-state index in [1.54, 1.807) is 12.1 Å². The summed E-state index contributed by atoms with van der Waals surface area (Å²) in [6.07, 6.45) is 3.02. The first kappa shape index (κ1) is 10.5. The molecule has 0 saturated carbocycles. The van der Waals surface area contributed by atoms with Gasteiger partial charge in [0.25, 0.3) is 0 Å². The molecule has 1 aromatic heterocycles. The zero-order chi connectivity index (χ0) is 11.4. The van der Waals surface area contributed by atoms with Crippen molar-refractivity contribution in [2.75, 3.05) is 0 Å².